The zero-order chi connectivity index (χ0) is 29.0. The molecular formula is C42H27NS. The van der Waals surface area contributed by atoms with Crippen molar-refractivity contribution in [2.75, 3.05) is 4.90 Å². The van der Waals surface area contributed by atoms with Gasteiger partial charge in [0.2, 0.25) is 0 Å². The Morgan fingerprint density at radius 3 is 1.80 bits per heavy atom. The summed E-state index contributed by atoms with van der Waals surface area (Å²) in [5, 5.41) is 10.3. The molecule has 1 aromatic heterocycles. The molecule has 0 aliphatic carbocycles. The maximum Gasteiger partial charge on any atom is 0.0468 e. The summed E-state index contributed by atoms with van der Waals surface area (Å²) in [6, 6.07) is 59.7. The van der Waals surface area contributed by atoms with E-state index in [1.807, 2.05) is 11.3 Å². The molecule has 8 aromatic carbocycles. The van der Waals surface area contributed by atoms with Crippen molar-refractivity contribution in [3.8, 4) is 11.1 Å². The second-order valence-electron chi connectivity index (χ2n) is 11.4. The molecule has 0 saturated heterocycles. The molecule has 206 valence electrons. The van der Waals surface area contributed by atoms with Crippen LogP contribution < -0.4 is 4.90 Å². The number of anilines is 3. The number of hydrogen-bond donors (Lipinski definition) is 0. The average Bonchev–Trinajstić information content (AvgIpc) is 3.48. The topological polar surface area (TPSA) is 3.24 Å². The summed E-state index contributed by atoms with van der Waals surface area (Å²) in [6.45, 7) is 0. The fraction of sp³-hybridized carbons (Fsp3) is 0. The van der Waals surface area contributed by atoms with Crippen molar-refractivity contribution in [2.24, 2.45) is 0 Å². The van der Waals surface area contributed by atoms with E-state index in [0.29, 0.717) is 0 Å². The van der Waals surface area contributed by atoms with Crippen molar-refractivity contribution >= 4 is 80.9 Å². The number of thiophene rings is 1. The van der Waals surface area contributed by atoms with Gasteiger partial charge in [0.15, 0.2) is 0 Å². The van der Waals surface area contributed by atoms with Crippen LogP contribution in [-0.2, 0) is 0 Å². The maximum absolute atomic E-state index is 2.40. The molecule has 0 spiro atoms. The van der Waals surface area contributed by atoms with Crippen LogP contribution in [0.4, 0.5) is 17.1 Å². The third-order valence-corrected chi connectivity index (χ3v) is 10.0. The van der Waals surface area contributed by atoms with E-state index in [0.717, 1.165) is 17.1 Å². The predicted molar refractivity (Wildman–Crippen MR) is 192 cm³/mol. The molecule has 0 aliphatic rings. The lowest BCUT2D eigenvalue weighted by Gasteiger charge is -2.26. The summed E-state index contributed by atoms with van der Waals surface area (Å²) in [6.07, 6.45) is 0. The van der Waals surface area contributed by atoms with E-state index >= 15 is 0 Å². The van der Waals surface area contributed by atoms with Crippen LogP contribution in [0.3, 0.4) is 0 Å². The molecule has 1 heterocycles. The Kier molecular flexibility index (Phi) is 5.75. The second-order valence-corrected chi connectivity index (χ2v) is 12.4. The summed E-state index contributed by atoms with van der Waals surface area (Å²) >= 11 is 1.89. The highest BCUT2D eigenvalue weighted by Gasteiger charge is 2.16. The third kappa shape index (κ3) is 4.07. The summed E-state index contributed by atoms with van der Waals surface area (Å²) in [5.74, 6) is 0. The fourth-order valence-corrected chi connectivity index (χ4v) is 7.88. The van der Waals surface area contributed by atoms with Gasteiger partial charge in [0.25, 0.3) is 0 Å². The van der Waals surface area contributed by atoms with Crippen LogP contribution in [0.25, 0.3) is 63.6 Å². The van der Waals surface area contributed by atoms with Gasteiger partial charge in [0, 0.05) is 42.6 Å². The van der Waals surface area contributed by atoms with Gasteiger partial charge < -0.3 is 4.90 Å². The van der Waals surface area contributed by atoms with Crippen LogP contribution in [0.15, 0.2) is 164 Å². The number of fused-ring (bicyclic) bond motifs is 8. The molecule has 9 aromatic rings. The molecule has 0 unspecified atom stereocenters. The Hall–Kier alpha value is -5.44. The standard InChI is InChI=1S/C42H27NS/c1-2-8-28(9-3-1)29-16-20-33(21-17-29)43(34-23-25-37-32(26-34)15-14-30-10-4-5-11-36(30)37)35-22-18-31-19-24-39-38-12-6-7-13-41(38)44-42(39)40(31)27-35/h1-27H. The number of benzene rings is 8. The lowest BCUT2D eigenvalue weighted by Crippen LogP contribution is -2.10. The number of hydrogen-bond acceptors (Lipinski definition) is 2. The van der Waals surface area contributed by atoms with Crippen molar-refractivity contribution in [1.29, 1.82) is 0 Å². The normalized spacial score (nSPS) is 11.6. The van der Waals surface area contributed by atoms with E-state index in [2.05, 4.69) is 169 Å². The highest BCUT2D eigenvalue weighted by molar-refractivity contribution is 7.26. The fourth-order valence-electron chi connectivity index (χ4n) is 6.65. The largest absolute Gasteiger partial charge is 0.310 e. The van der Waals surface area contributed by atoms with E-state index in [1.165, 1.54) is 63.6 Å². The van der Waals surface area contributed by atoms with E-state index in [4.69, 9.17) is 0 Å². The van der Waals surface area contributed by atoms with Gasteiger partial charge in [-0.25, -0.2) is 0 Å². The zero-order valence-corrected chi connectivity index (χ0v) is 24.8. The molecule has 0 amide bonds. The van der Waals surface area contributed by atoms with Crippen LogP contribution in [0.1, 0.15) is 0 Å². The monoisotopic (exact) mass is 577 g/mol. The smallest absolute Gasteiger partial charge is 0.0468 e. The molecule has 0 fully saturated rings. The Labute approximate surface area is 259 Å². The van der Waals surface area contributed by atoms with Crippen LogP contribution in [-0.4, -0.2) is 0 Å². The Morgan fingerprint density at radius 2 is 0.909 bits per heavy atom. The molecule has 0 atom stereocenters. The van der Waals surface area contributed by atoms with Gasteiger partial charge in [-0.3, -0.25) is 0 Å². The van der Waals surface area contributed by atoms with Gasteiger partial charge in [0.05, 0.1) is 0 Å². The Balaban J connectivity index is 1.25. The quantitative estimate of drug-likeness (QED) is 0.188. The van der Waals surface area contributed by atoms with E-state index in [9.17, 15) is 0 Å². The Bertz CT molecular complexity index is 2490. The summed E-state index contributed by atoms with van der Waals surface area (Å²) < 4.78 is 2.67. The van der Waals surface area contributed by atoms with Gasteiger partial charge in [0.1, 0.15) is 0 Å². The second kappa shape index (κ2) is 10.1. The van der Waals surface area contributed by atoms with Crippen molar-refractivity contribution < 1.29 is 0 Å². The molecule has 9 rings (SSSR count). The molecule has 0 aliphatic heterocycles. The van der Waals surface area contributed by atoms with Crippen LogP contribution in [0.2, 0.25) is 0 Å². The summed E-state index contributed by atoms with van der Waals surface area (Å²) in [7, 11) is 0. The van der Waals surface area contributed by atoms with E-state index in [-0.39, 0.29) is 0 Å². The first-order valence-electron chi connectivity index (χ1n) is 15.0. The van der Waals surface area contributed by atoms with Crippen molar-refractivity contribution in [3.05, 3.63) is 164 Å². The SMILES string of the molecule is c1ccc(-c2ccc(N(c3ccc4c(ccc5ccccc54)c3)c3ccc4ccc5c6ccccc6sc5c4c3)cc2)cc1. The first-order valence-corrected chi connectivity index (χ1v) is 15.8. The van der Waals surface area contributed by atoms with Crippen LogP contribution in [0.5, 0.6) is 0 Å². The first kappa shape index (κ1) is 25.1. The minimum atomic E-state index is 1.13. The van der Waals surface area contributed by atoms with Gasteiger partial charge in [-0.15, -0.1) is 11.3 Å². The molecule has 0 bridgehead atoms. The van der Waals surface area contributed by atoms with Gasteiger partial charge in [-0.05, 0) is 80.5 Å². The Morgan fingerprint density at radius 1 is 0.341 bits per heavy atom. The first-order chi connectivity index (χ1) is 21.8. The molecule has 0 radical (unpaired) electrons. The average molecular weight is 578 g/mol. The van der Waals surface area contributed by atoms with E-state index in [1.54, 1.807) is 0 Å². The molecule has 44 heavy (non-hydrogen) atoms. The number of rotatable bonds is 4. The molecule has 1 nitrogen and oxygen atoms in total. The molecular weight excluding hydrogens is 551 g/mol. The summed E-state index contributed by atoms with van der Waals surface area (Å²) in [4.78, 5) is 2.40. The lowest BCUT2D eigenvalue weighted by molar-refractivity contribution is 1.30. The van der Waals surface area contributed by atoms with Crippen molar-refractivity contribution in [3.63, 3.8) is 0 Å². The van der Waals surface area contributed by atoms with Crippen LogP contribution in [0, 0.1) is 0 Å². The van der Waals surface area contributed by atoms with Crippen LogP contribution >= 0.6 is 11.3 Å². The molecule has 2 heteroatoms. The third-order valence-electron chi connectivity index (χ3n) is 8.82. The minimum absolute atomic E-state index is 1.13. The highest BCUT2D eigenvalue weighted by atomic mass is 32.1. The van der Waals surface area contributed by atoms with Gasteiger partial charge in [-0.2, -0.15) is 0 Å². The maximum atomic E-state index is 2.40. The molecule has 0 saturated carbocycles. The van der Waals surface area contributed by atoms with Gasteiger partial charge >= 0.3 is 0 Å². The summed E-state index contributed by atoms with van der Waals surface area (Å²) in [5.41, 5.74) is 5.86. The zero-order valence-electron chi connectivity index (χ0n) is 23.9. The number of nitrogens with zero attached hydrogens (tertiary/aromatic N) is 1. The van der Waals surface area contributed by atoms with E-state index < -0.39 is 0 Å². The lowest BCUT2D eigenvalue weighted by atomic mass is 10.0. The van der Waals surface area contributed by atoms with Gasteiger partial charge in [-0.1, -0.05) is 121 Å². The predicted octanol–water partition coefficient (Wildman–Crippen LogP) is 12.7. The van der Waals surface area contributed by atoms with Crippen molar-refractivity contribution in [2.45, 2.75) is 0 Å². The highest BCUT2D eigenvalue weighted by Crippen LogP contribution is 2.43. The minimum Gasteiger partial charge on any atom is -0.310 e. The van der Waals surface area contributed by atoms with Crippen molar-refractivity contribution in [1.82, 2.24) is 0 Å². The molecule has 0 N–H and O–H groups in total.